The van der Waals surface area contributed by atoms with Gasteiger partial charge in [-0.25, -0.2) is 9.37 Å². The first-order chi connectivity index (χ1) is 11.9. The van der Waals surface area contributed by atoms with Crippen LogP contribution < -0.4 is 4.74 Å². The van der Waals surface area contributed by atoms with Gasteiger partial charge >= 0.3 is 0 Å². The molecule has 0 aliphatic carbocycles. The first-order valence-corrected chi connectivity index (χ1v) is 8.54. The molecule has 0 radical (unpaired) electrons. The smallest absolute Gasteiger partial charge is 0.258 e. The zero-order valence-corrected chi connectivity index (χ0v) is 14.9. The van der Waals surface area contributed by atoms with Gasteiger partial charge in [0, 0.05) is 37.7 Å². The Morgan fingerprint density at radius 1 is 1.28 bits per heavy atom. The Hall–Kier alpha value is -2.21. The number of benzene rings is 1. The lowest BCUT2D eigenvalue weighted by molar-refractivity contribution is 0.0583. The molecule has 1 aromatic heterocycles. The maximum atomic E-state index is 13.9. The lowest BCUT2D eigenvalue weighted by atomic mass is 10.1. The summed E-state index contributed by atoms with van der Waals surface area (Å²) in [5, 5.41) is 0.135. The molecular weight excluding hydrogens is 345 g/mol. The van der Waals surface area contributed by atoms with Gasteiger partial charge in [-0.05, 0) is 26.0 Å². The van der Waals surface area contributed by atoms with Crippen LogP contribution in [0.15, 0.2) is 24.3 Å². The number of aryl methyl sites for hydroxylation is 2. The minimum absolute atomic E-state index is 0.0335. The van der Waals surface area contributed by atoms with Gasteiger partial charge in [-0.1, -0.05) is 17.7 Å². The molecule has 0 saturated carbocycles. The quantitative estimate of drug-likeness (QED) is 0.836. The fourth-order valence-electron chi connectivity index (χ4n) is 2.95. The first-order valence-electron chi connectivity index (χ1n) is 8.16. The molecule has 2 heterocycles. The van der Waals surface area contributed by atoms with E-state index in [1.807, 2.05) is 13.8 Å². The average Bonchev–Trinajstić information content (AvgIpc) is 2.54. The molecule has 0 N–H and O–H groups in total. The van der Waals surface area contributed by atoms with E-state index in [1.165, 1.54) is 18.2 Å². The van der Waals surface area contributed by atoms with Crippen LogP contribution in [0.2, 0.25) is 5.02 Å². The predicted molar refractivity (Wildman–Crippen MR) is 92.5 cm³/mol. The second kappa shape index (κ2) is 7.35. The molecule has 1 fully saturated rings. The molecule has 1 amide bonds. The third-order valence-electron chi connectivity index (χ3n) is 4.14. The molecule has 1 aliphatic rings. The number of ether oxygens (including phenoxy) is 1. The molecule has 25 heavy (non-hydrogen) atoms. The Labute approximate surface area is 150 Å². The normalized spacial score (nSPS) is 15.3. The Morgan fingerprint density at radius 3 is 2.64 bits per heavy atom. The molecule has 3 rings (SSSR count). The van der Waals surface area contributed by atoms with Crippen LogP contribution in [0, 0.1) is 19.7 Å². The van der Waals surface area contributed by atoms with Gasteiger partial charge in [0.05, 0.1) is 10.6 Å². The minimum Gasteiger partial charge on any atom is -0.474 e. The molecule has 1 aliphatic heterocycles. The molecule has 1 aromatic carbocycles. The van der Waals surface area contributed by atoms with Gasteiger partial charge in [-0.2, -0.15) is 4.98 Å². The number of halogens is 2. The van der Waals surface area contributed by atoms with Gasteiger partial charge in [-0.3, -0.25) is 4.79 Å². The van der Waals surface area contributed by atoms with Crippen molar-refractivity contribution in [1.82, 2.24) is 14.9 Å². The molecule has 0 spiro atoms. The molecule has 0 atom stereocenters. The first kappa shape index (κ1) is 17.6. The minimum atomic E-state index is -0.595. The molecule has 1 saturated heterocycles. The van der Waals surface area contributed by atoms with E-state index < -0.39 is 5.82 Å². The van der Waals surface area contributed by atoms with E-state index in [4.69, 9.17) is 16.3 Å². The number of carbonyl (C=O) groups is 1. The zero-order valence-electron chi connectivity index (χ0n) is 14.1. The summed E-state index contributed by atoms with van der Waals surface area (Å²) in [6, 6.07) is 6.05. The van der Waals surface area contributed by atoms with Gasteiger partial charge in [0.25, 0.3) is 5.91 Å². The number of nitrogens with zero attached hydrogens (tertiary/aromatic N) is 3. The summed E-state index contributed by atoms with van der Waals surface area (Å²) in [5.74, 6) is 0.238. The fraction of sp³-hybridized carbons (Fsp3) is 0.389. The van der Waals surface area contributed by atoms with Crippen molar-refractivity contribution in [1.29, 1.82) is 0 Å². The third-order valence-corrected chi connectivity index (χ3v) is 4.45. The second-order valence-corrected chi connectivity index (χ2v) is 6.51. The van der Waals surface area contributed by atoms with E-state index in [0.29, 0.717) is 37.6 Å². The number of amides is 1. The molecule has 7 heteroatoms. The van der Waals surface area contributed by atoms with Crippen molar-refractivity contribution in [2.45, 2.75) is 32.8 Å². The van der Waals surface area contributed by atoms with Crippen LogP contribution in [0.5, 0.6) is 5.88 Å². The monoisotopic (exact) mass is 363 g/mol. The predicted octanol–water partition coefficient (Wildman–Crippen LogP) is 3.57. The van der Waals surface area contributed by atoms with Crippen LogP contribution in [-0.4, -0.2) is 40.0 Å². The highest BCUT2D eigenvalue weighted by Crippen LogP contribution is 2.24. The van der Waals surface area contributed by atoms with E-state index in [2.05, 4.69) is 9.97 Å². The molecule has 2 aromatic rings. The summed E-state index contributed by atoms with van der Waals surface area (Å²) in [4.78, 5) is 22.6. The highest BCUT2D eigenvalue weighted by Gasteiger charge is 2.27. The van der Waals surface area contributed by atoms with Crippen molar-refractivity contribution in [2.75, 3.05) is 13.1 Å². The van der Waals surface area contributed by atoms with Crippen molar-refractivity contribution in [3.05, 3.63) is 52.2 Å². The Balaban J connectivity index is 1.63. The third kappa shape index (κ3) is 4.07. The van der Waals surface area contributed by atoms with Gasteiger partial charge in [0.1, 0.15) is 17.7 Å². The Morgan fingerprint density at radius 2 is 2.00 bits per heavy atom. The van der Waals surface area contributed by atoms with Crippen molar-refractivity contribution >= 4 is 17.5 Å². The summed E-state index contributed by atoms with van der Waals surface area (Å²) in [5.41, 5.74) is 0.787. The van der Waals surface area contributed by atoms with Crippen LogP contribution in [0.3, 0.4) is 0 Å². The molecule has 0 bridgehead atoms. The summed E-state index contributed by atoms with van der Waals surface area (Å²) in [6.07, 6.45) is 1.27. The van der Waals surface area contributed by atoms with Gasteiger partial charge in [-0.15, -0.1) is 0 Å². The van der Waals surface area contributed by atoms with Gasteiger partial charge in [0.2, 0.25) is 5.88 Å². The molecular formula is C18H19ClFN3O2. The van der Waals surface area contributed by atoms with Crippen LogP contribution in [0.4, 0.5) is 4.39 Å². The van der Waals surface area contributed by atoms with Crippen molar-refractivity contribution < 1.29 is 13.9 Å². The number of carbonyl (C=O) groups excluding carboxylic acids is 1. The topological polar surface area (TPSA) is 55.3 Å². The van der Waals surface area contributed by atoms with E-state index in [9.17, 15) is 9.18 Å². The van der Waals surface area contributed by atoms with Crippen molar-refractivity contribution in [3.63, 3.8) is 0 Å². The van der Waals surface area contributed by atoms with Crippen LogP contribution in [0.1, 0.15) is 34.7 Å². The highest BCUT2D eigenvalue weighted by molar-refractivity contribution is 6.33. The molecule has 0 unspecified atom stereocenters. The van der Waals surface area contributed by atoms with Crippen LogP contribution in [-0.2, 0) is 0 Å². The number of hydrogen-bond donors (Lipinski definition) is 0. The molecule has 132 valence electrons. The zero-order chi connectivity index (χ0) is 18.0. The summed E-state index contributed by atoms with van der Waals surface area (Å²) < 4.78 is 19.8. The standard InChI is InChI=1S/C18H19ClFN3O2/c1-11-10-16(22-12(2)21-11)25-13-6-8-23(9-7-13)18(24)17-14(19)4-3-5-15(17)20/h3-5,10,13H,6-9H2,1-2H3. The number of piperidine rings is 1. The fourth-order valence-corrected chi connectivity index (χ4v) is 3.19. The number of aromatic nitrogens is 2. The van der Waals surface area contributed by atoms with E-state index >= 15 is 0 Å². The average molecular weight is 364 g/mol. The van der Waals surface area contributed by atoms with E-state index in [-0.39, 0.29) is 22.6 Å². The SMILES string of the molecule is Cc1cc(OC2CCN(C(=O)c3c(F)cccc3Cl)CC2)nc(C)n1. The largest absolute Gasteiger partial charge is 0.474 e. The molecule has 5 nitrogen and oxygen atoms in total. The second-order valence-electron chi connectivity index (χ2n) is 6.10. The van der Waals surface area contributed by atoms with Crippen molar-refractivity contribution in [2.24, 2.45) is 0 Å². The highest BCUT2D eigenvalue weighted by atomic mass is 35.5. The number of rotatable bonds is 3. The number of hydrogen-bond acceptors (Lipinski definition) is 4. The van der Waals surface area contributed by atoms with Crippen LogP contribution >= 0.6 is 11.6 Å². The summed E-state index contributed by atoms with van der Waals surface area (Å²) >= 11 is 5.98. The number of likely N-dealkylation sites (tertiary alicyclic amines) is 1. The summed E-state index contributed by atoms with van der Waals surface area (Å²) in [6.45, 7) is 4.68. The van der Waals surface area contributed by atoms with Crippen molar-refractivity contribution in [3.8, 4) is 5.88 Å². The lowest BCUT2D eigenvalue weighted by Gasteiger charge is -2.32. The summed E-state index contributed by atoms with van der Waals surface area (Å²) in [7, 11) is 0. The maximum absolute atomic E-state index is 13.9. The Bertz CT molecular complexity index is 751. The maximum Gasteiger partial charge on any atom is 0.258 e. The van der Waals surface area contributed by atoms with Gasteiger partial charge in [0.15, 0.2) is 0 Å². The van der Waals surface area contributed by atoms with E-state index in [1.54, 1.807) is 11.0 Å². The lowest BCUT2D eigenvalue weighted by Crippen LogP contribution is -2.42. The van der Waals surface area contributed by atoms with Gasteiger partial charge < -0.3 is 9.64 Å². The van der Waals surface area contributed by atoms with Crippen LogP contribution in [0.25, 0.3) is 0 Å². The van der Waals surface area contributed by atoms with E-state index in [0.717, 1.165) is 5.69 Å². The Kier molecular flexibility index (Phi) is 5.18.